The van der Waals surface area contributed by atoms with Crippen molar-refractivity contribution in [2.45, 2.75) is 6.54 Å². The maximum absolute atomic E-state index is 13.1. The first-order chi connectivity index (χ1) is 10.0. The zero-order valence-electron chi connectivity index (χ0n) is 11.3. The zero-order valence-corrected chi connectivity index (χ0v) is 11.3. The Morgan fingerprint density at radius 3 is 2.62 bits per heavy atom. The molecule has 0 fully saturated rings. The molecular weight excluding hydrogens is 278 g/mol. The maximum Gasteiger partial charge on any atom is 0.253 e. The summed E-state index contributed by atoms with van der Waals surface area (Å²) in [4.78, 5) is 12.0. The second-order valence-corrected chi connectivity index (χ2v) is 4.38. The molecule has 0 saturated carbocycles. The summed E-state index contributed by atoms with van der Waals surface area (Å²) in [6.45, 7) is 0.0622. The van der Waals surface area contributed by atoms with Crippen molar-refractivity contribution in [3.05, 3.63) is 59.2 Å². The lowest BCUT2D eigenvalue weighted by Gasteiger charge is -2.09. The molecule has 2 aromatic rings. The zero-order chi connectivity index (χ0) is 15.4. The molecule has 0 aliphatic rings. The highest BCUT2D eigenvalue weighted by molar-refractivity contribution is 5.99. The van der Waals surface area contributed by atoms with Crippen LogP contribution in [0.25, 0.3) is 0 Å². The van der Waals surface area contributed by atoms with E-state index in [0.717, 1.165) is 12.1 Å². The van der Waals surface area contributed by atoms with Crippen LogP contribution in [0.4, 0.5) is 14.5 Å². The predicted octanol–water partition coefficient (Wildman–Crippen LogP) is 2.49. The molecule has 0 bridgehead atoms. The molecule has 1 amide bonds. The van der Waals surface area contributed by atoms with Crippen molar-refractivity contribution < 1.29 is 18.3 Å². The molecule has 0 unspecified atom stereocenters. The van der Waals surface area contributed by atoms with Crippen molar-refractivity contribution >= 4 is 11.6 Å². The van der Waals surface area contributed by atoms with Crippen molar-refractivity contribution in [1.82, 2.24) is 5.32 Å². The van der Waals surface area contributed by atoms with Gasteiger partial charge in [0, 0.05) is 12.2 Å². The van der Waals surface area contributed by atoms with Gasteiger partial charge in [-0.1, -0.05) is 6.07 Å². The van der Waals surface area contributed by atoms with E-state index < -0.39 is 17.5 Å². The number of carbonyl (C=O) groups excluding carboxylic acids is 1. The van der Waals surface area contributed by atoms with Gasteiger partial charge >= 0.3 is 0 Å². The van der Waals surface area contributed by atoms with Crippen LogP contribution in [0.1, 0.15) is 15.9 Å². The van der Waals surface area contributed by atoms with Gasteiger partial charge in [-0.25, -0.2) is 8.78 Å². The number of ether oxygens (including phenoxy) is 1. The minimum absolute atomic E-state index is 0.0622. The lowest BCUT2D eigenvalue weighted by atomic mass is 10.1. The number of hydrogen-bond acceptors (Lipinski definition) is 3. The first-order valence-corrected chi connectivity index (χ1v) is 6.17. The van der Waals surface area contributed by atoms with Crippen LogP contribution in [0.3, 0.4) is 0 Å². The van der Waals surface area contributed by atoms with E-state index in [1.165, 1.54) is 19.2 Å². The number of halogens is 2. The van der Waals surface area contributed by atoms with E-state index in [2.05, 4.69) is 5.32 Å². The maximum atomic E-state index is 13.1. The lowest BCUT2D eigenvalue weighted by molar-refractivity contribution is 0.0951. The van der Waals surface area contributed by atoms with Gasteiger partial charge in [0.25, 0.3) is 5.91 Å². The van der Waals surface area contributed by atoms with Gasteiger partial charge in [0.05, 0.1) is 12.7 Å². The van der Waals surface area contributed by atoms with Crippen LogP contribution >= 0.6 is 0 Å². The average molecular weight is 292 g/mol. The Bertz CT molecular complexity index is 675. The molecule has 3 N–H and O–H groups in total. The van der Waals surface area contributed by atoms with E-state index in [1.54, 1.807) is 12.1 Å². The van der Waals surface area contributed by atoms with Crippen molar-refractivity contribution in [1.29, 1.82) is 0 Å². The summed E-state index contributed by atoms with van der Waals surface area (Å²) < 4.78 is 30.9. The molecule has 0 aliphatic carbocycles. The molecule has 2 aromatic carbocycles. The van der Waals surface area contributed by atoms with Crippen LogP contribution < -0.4 is 15.8 Å². The third-order valence-corrected chi connectivity index (χ3v) is 2.94. The van der Waals surface area contributed by atoms with E-state index in [9.17, 15) is 13.6 Å². The first-order valence-electron chi connectivity index (χ1n) is 6.17. The van der Waals surface area contributed by atoms with Gasteiger partial charge in [-0.05, 0) is 35.9 Å². The quantitative estimate of drug-likeness (QED) is 0.851. The molecule has 0 aliphatic heterocycles. The highest BCUT2D eigenvalue weighted by Gasteiger charge is 2.11. The fourth-order valence-corrected chi connectivity index (χ4v) is 1.79. The van der Waals surface area contributed by atoms with Crippen LogP contribution in [-0.4, -0.2) is 13.0 Å². The number of nitrogens with two attached hydrogens (primary N) is 1. The molecule has 0 radical (unpaired) electrons. The third-order valence-electron chi connectivity index (χ3n) is 2.94. The van der Waals surface area contributed by atoms with Gasteiger partial charge in [0.15, 0.2) is 11.6 Å². The first kappa shape index (κ1) is 14.8. The molecule has 0 spiro atoms. The second kappa shape index (κ2) is 6.21. The summed E-state index contributed by atoms with van der Waals surface area (Å²) in [5, 5.41) is 2.59. The number of anilines is 1. The SMILES string of the molecule is COc1ccc(N)c(C(=O)NCc2ccc(F)c(F)c2)c1. The van der Waals surface area contributed by atoms with Gasteiger partial charge in [0.2, 0.25) is 0 Å². The molecular formula is C15H14F2N2O2. The normalized spacial score (nSPS) is 10.2. The Labute approximate surface area is 120 Å². The number of nitrogen functional groups attached to an aromatic ring is 1. The Morgan fingerprint density at radius 1 is 1.19 bits per heavy atom. The Balaban J connectivity index is 2.09. The van der Waals surface area contributed by atoms with Gasteiger partial charge in [-0.2, -0.15) is 0 Å². The number of rotatable bonds is 4. The van der Waals surface area contributed by atoms with E-state index in [1.807, 2.05) is 0 Å². The second-order valence-electron chi connectivity index (χ2n) is 4.38. The summed E-state index contributed by atoms with van der Waals surface area (Å²) in [6.07, 6.45) is 0. The number of nitrogens with one attached hydrogen (secondary N) is 1. The highest BCUT2D eigenvalue weighted by Crippen LogP contribution is 2.19. The Morgan fingerprint density at radius 2 is 1.95 bits per heavy atom. The molecule has 110 valence electrons. The number of methoxy groups -OCH3 is 1. The number of hydrogen-bond donors (Lipinski definition) is 2. The van der Waals surface area contributed by atoms with Crippen LogP contribution in [0.15, 0.2) is 36.4 Å². The average Bonchev–Trinajstić information content (AvgIpc) is 2.48. The van der Waals surface area contributed by atoms with Gasteiger partial charge in [-0.15, -0.1) is 0 Å². The highest BCUT2D eigenvalue weighted by atomic mass is 19.2. The van der Waals surface area contributed by atoms with Gasteiger partial charge in [-0.3, -0.25) is 4.79 Å². The summed E-state index contributed by atoms with van der Waals surface area (Å²) >= 11 is 0. The molecule has 21 heavy (non-hydrogen) atoms. The molecule has 0 aromatic heterocycles. The fraction of sp³-hybridized carbons (Fsp3) is 0.133. The summed E-state index contributed by atoms with van der Waals surface area (Å²) in [7, 11) is 1.48. The Kier molecular flexibility index (Phi) is 4.37. The predicted molar refractivity (Wildman–Crippen MR) is 74.9 cm³/mol. The van der Waals surface area contributed by atoms with E-state index in [4.69, 9.17) is 10.5 Å². The van der Waals surface area contributed by atoms with E-state index in [-0.39, 0.29) is 12.1 Å². The van der Waals surface area contributed by atoms with Crippen LogP contribution in [0.2, 0.25) is 0 Å². The summed E-state index contributed by atoms with van der Waals surface area (Å²) in [5.74, 6) is -1.80. The third kappa shape index (κ3) is 3.47. The van der Waals surface area contributed by atoms with Gasteiger partial charge < -0.3 is 15.8 Å². The smallest absolute Gasteiger partial charge is 0.253 e. The van der Waals surface area contributed by atoms with Crippen LogP contribution in [0, 0.1) is 11.6 Å². The van der Waals surface area contributed by atoms with Crippen LogP contribution in [-0.2, 0) is 6.54 Å². The molecule has 4 nitrogen and oxygen atoms in total. The van der Waals surface area contributed by atoms with Crippen molar-refractivity contribution in [2.75, 3.05) is 12.8 Å². The fourth-order valence-electron chi connectivity index (χ4n) is 1.79. The minimum Gasteiger partial charge on any atom is -0.497 e. The molecule has 2 rings (SSSR count). The van der Waals surface area contributed by atoms with E-state index in [0.29, 0.717) is 17.0 Å². The lowest BCUT2D eigenvalue weighted by Crippen LogP contribution is -2.24. The number of benzene rings is 2. The van der Waals surface area contributed by atoms with E-state index >= 15 is 0 Å². The summed E-state index contributed by atoms with van der Waals surface area (Å²) in [6, 6.07) is 8.15. The minimum atomic E-state index is -0.956. The Hall–Kier alpha value is -2.63. The topological polar surface area (TPSA) is 64.3 Å². The molecule has 0 atom stereocenters. The number of carbonyl (C=O) groups is 1. The molecule has 6 heteroatoms. The summed E-state index contributed by atoms with van der Waals surface area (Å²) in [5.41, 5.74) is 6.75. The molecule has 0 saturated heterocycles. The monoisotopic (exact) mass is 292 g/mol. The van der Waals surface area contributed by atoms with Crippen LogP contribution in [0.5, 0.6) is 5.75 Å². The molecule has 0 heterocycles. The standard InChI is InChI=1S/C15H14F2N2O2/c1-21-10-3-5-14(18)11(7-10)15(20)19-8-9-2-4-12(16)13(17)6-9/h2-7H,8,18H2,1H3,(H,19,20). The van der Waals surface area contributed by atoms with Crippen molar-refractivity contribution in [3.8, 4) is 5.75 Å². The van der Waals surface area contributed by atoms with Gasteiger partial charge in [0.1, 0.15) is 5.75 Å². The van der Waals surface area contributed by atoms with Crippen molar-refractivity contribution in [3.63, 3.8) is 0 Å². The van der Waals surface area contributed by atoms with Crippen molar-refractivity contribution in [2.24, 2.45) is 0 Å². The number of amides is 1. The largest absolute Gasteiger partial charge is 0.497 e.